The second-order valence-electron chi connectivity index (χ2n) is 7.19. The van der Waals surface area contributed by atoms with Crippen LogP contribution in [0.25, 0.3) is 0 Å². The zero-order valence-electron chi connectivity index (χ0n) is 17.4. The van der Waals surface area contributed by atoms with Crippen molar-refractivity contribution in [1.29, 1.82) is 0 Å². The Morgan fingerprint density at radius 3 is 0.969 bits per heavy atom. The first-order chi connectivity index (χ1) is 15.5. The predicted octanol–water partition coefficient (Wildman–Crippen LogP) is -1.31. The highest BCUT2D eigenvalue weighted by molar-refractivity contribution is 7.19. The predicted molar refractivity (Wildman–Crippen MR) is 132 cm³/mol. The topological polar surface area (TPSA) is 101 Å². The molecule has 0 heterocycles. The van der Waals surface area contributed by atoms with Crippen molar-refractivity contribution in [2.24, 2.45) is 0 Å². The van der Waals surface area contributed by atoms with Gasteiger partial charge in [-0.25, -0.2) is 0 Å². The molecular formula is C24H24B2O5Si. The fourth-order valence-corrected chi connectivity index (χ4v) is 8.71. The lowest BCUT2D eigenvalue weighted by atomic mass is 9.81. The summed E-state index contributed by atoms with van der Waals surface area (Å²) in [7, 11) is -6.15. The van der Waals surface area contributed by atoms with E-state index in [4.69, 9.17) is 15.1 Å². The molecule has 4 aromatic carbocycles. The summed E-state index contributed by atoms with van der Waals surface area (Å²) in [6, 6.07) is 39.7. The molecule has 5 nitrogen and oxygen atoms in total. The molecule has 32 heavy (non-hydrogen) atoms. The molecule has 0 aliphatic heterocycles. The first-order valence-corrected chi connectivity index (χ1v) is 12.1. The van der Waals surface area contributed by atoms with Crippen molar-refractivity contribution in [1.82, 2.24) is 0 Å². The van der Waals surface area contributed by atoms with E-state index in [0.717, 1.165) is 0 Å². The van der Waals surface area contributed by atoms with Gasteiger partial charge in [0.15, 0.2) is 8.07 Å². The van der Waals surface area contributed by atoms with E-state index in [0.29, 0.717) is 5.46 Å². The minimum Gasteiger partial charge on any atom is -0.423 e. The van der Waals surface area contributed by atoms with E-state index in [1.807, 2.05) is 42.5 Å². The van der Waals surface area contributed by atoms with Crippen LogP contribution in [0.1, 0.15) is 0 Å². The molecule has 0 fully saturated rings. The first kappa shape index (κ1) is 23.7. The zero-order valence-corrected chi connectivity index (χ0v) is 18.4. The highest BCUT2D eigenvalue weighted by atomic mass is 28.3. The van der Waals surface area contributed by atoms with Gasteiger partial charge in [0.25, 0.3) is 0 Å². The van der Waals surface area contributed by atoms with E-state index in [1.54, 1.807) is 0 Å². The second-order valence-corrected chi connectivity index (χ2v) is 11.0. The summed E-state index contributed by atoms with van der Waals surface area (Å²) < 4.78 is 0. The molecule has 4 rings (SSSR count). The summed E-state index contributed by atoms with van der Waals surface area (Å²) in [6.45, 7) is 0. The highest BCUT2D eigenvalue weighted by Gasteiger charge is 2.41. The minimum atomic E-state index is -2.52. The molecule has 0 aromatic heterocycles. The molecule has 0 bridgehead atoms. The van der Waals surface area contributed by atoms with Crippen LogP contribution >= 0.6 is 0 Å². The fraction of sp³-hybridized carbons (Fsp3) is 0. The van der Waals surface area contributed by atoms with Crippen LogP contribution in [0.15, 0.2) is 115 Å². The largest absolute Gasteiger partial charge is 0.631 e. The minimum absolute atomic E-state index is 0.501. The van der Waals surface area contributed by atoms with Crippen LogP contribution in [0.5, 0.6) is 0 Å². The van der Waals surface area contributed by atoms with Gasteiger partial charge in [0.05, 0.1) is 0 Å². The third-order valence-electron chi connectivity index (χ3n) is 5.26. The van der Waals surface area contributed by atoms with Crippen molar-refractivity contribution in [3.8, 4) is 0 Å². The molecule has 0 unspecified atom stereocenters. The highest BCUT2D eigenvalue weighted by Crippen LogP contribution is 2.09. The quantitative estimate of drug-likeness (QED) is 0.195. The maximum Gasteiger partial charge on any atom is 0.631 e. The van der Waals surface area contributed by atoms with Crippen molar-refractivity contribution in [3.05, 3.63) is 115 Å². The Labute approximate surface area is 189 Å². The molecule has 160 valence electrons. The summed E-state index contributed by atoms with van der Waals surface area (Å²) in [5.74, 6) is 0. The van der Waals surface area contributed by atoms with Crippen molar-refractivity contribution < 1.29 is 25.1 Å². The molecule has 0 aliphatic rings. The standard InChI is InChI=1S/C24H21BO2Si.BH3O3/c26-25(27)20-16-18-24(19-17-20)28(21-10-4-1-5-11-21,22-12-6-2-7-13-22)23-14-8-3-9-15-23;2-1(3)4/h1-19,26-27H;2-4H. The summed E-state index contributed by atoms with van der Waals surface area (Å²) in [4.78, 5) is 0. The van der Waals surface area contributed by atoms with Gasteiger partial charge in [-0.1, -0.05) is 115 Å². The van der Waals surface area contributed by atoms with Crippen LogP contribution in [-0.4, -0.2) is 47.6 Å². The Morgan fingerprint density at radius 2 is 0.688 bits per heavy atom. The lowest BCUT2D eigenvalue weighted by Gasteiger charge is -2.34. The third kappa shape index (κ3) is 5.25. The van der Waals surface area contributed by atoms with Gasteiger partial charge in [0, 0.05) is 0 Å². The van der Waals surface area contributed by atoms with E-state index in [2.05, 4.69) is 72.8 Å². The molecule has 0 spiro atoms. The summed E-state index contributed by atoms with van der Waals surface area (Å²) in [5, 5.41) is 45.7. The maximum atomic E-state index is 9.54. The smallest absolute Gasteiger partial charge is 0.423 e. The van der Waals surface area contributed by atoms with Gasteiger partial charge in [-0.05, 0) is 26.2 Å². The summed E-state index contributed by atoms with van der Waals surface area (Å²) in [6.07, 6.45) is 0. The normalized spacial score (nSPS) is 10.7. The van der Waals surface area contributed by atoms with Crippen molar-refractivity contribution in [3.63, 3.8) is 0 Å². The van der Waals surface area contributed by atoms with Crippen LogP contribution in [0.2, 0.25) is 0 Å². The third-order valence-corrected chi connectivity index (χ3v) is 10.1. The van der Waals surface area contributed by atoms with Gasteiger partial charge in [-0.3, -0.25) is 0 Å². The molecule has 8 heteroatoms. The van der Waals surface area contributed by atoms with Crippen molar-refractivity contribution in [2.75, 3.05) is 0 Å². The second kappa shape index (κ2) is 11.1. The lowest BCUT2D eigenvalue weighted by molar-refractivity contribution is 0.278. The molecule has 0 amide bonds. The number of hydrogen-bond donors (Lipinski definition) is 5. The van der Waals surface area contributed by atoms with Crippen LogP contribution in [-0.2, 0) is 0 Å². The van der Waals surface area contributed by atoms with E-state index >= 15 is 0 Å². The Hall–Kier alpha value is -2.97. The van der Waals surface area contributed by atoms with E-state index in [-0.39, 0.29) is 0 Å². The Bertz CT molecular complexity index is 980. The van der Waals surface area contributed by atoms with Gasteiger partial charge in [0.1, 0.15) is 0 Å². The molecule has 5 N–H and O–H groups in total. The Kier molecular flexibility index (Phi) is 8.18. The van der Waals surface area contributed by atoms with Crippen molar-refractivity contribution >= 4 is 48.7 Å². The zero-order chi connectivity index (χ0) is 23.0. The molecule has 0 saturated carbocycles. The number of benzene rings is 4. The van der Waals surface area contributed by atoms with Crippen LogP contribution < -0.4 is 26.2 Å². The summed E-state index contributed by atoms with van der Waals surface area (Å²) in [5.41, 5.74) is 0.501. The van der Waals surface area contributed by atoms with Crippen LogP contribution in [0, 0.1) is 0 Å². The SMILES string of the molecule is OB(O)O.OB(O)c1ccc([Si](c2ccccc2)(c2ccccc2)c2ccccc2)cc1. The van der Waals surface area contributed by atoms with E-state index < -0.39 is 22.5 Å². The number of hydrogen-bond acceptors (Lipinski definition) is 5. The fourth-order valence-electron chi connectivity index (χ4n) is 3.97. The molecule has 0 atom stereocenters. The van der Waals surface area contributed by atoms with Gasteiger partial charge in [-0.2, -0.15) is 0 Å². The molecule has 0 radical (unpaired) electrons. The maximum absolute atomic E-state index is 9.54. The Morgan fingerprint density at radius 1 is 0.406 bits per heavy atom. The summed E-state index contributed by atoms with van der Waals surface area (Å²) >= 11 is 0. The van der Waals surface area contributed by atoms with Gasteiger partial charge >= 0.3 is 14.4 Å². The monoisotopic (exact) mass is 442 g/mol. The van der Waals surface area contributed by atoms with Crippen molar-refractivity contribution in [2.45, 2.75) is 0 Å². The van der Waals surface area contributed by atoms with Gasteiger partial charge < -0.3 is 25.1 Å². The molecular weight excluding hydrogens is 418 g/mol. The molecule has 0 saturated heterocycles. The average Bonchev–Trinajstić information content (AvgIpc) is 2.82. The van der Waals surface area contributed by atoms with Gasteiger partial charge in [-0.15, -0.1) is 0 Å². The van der Waals surface area contributed by atoms with Gasteiger partial charge in [0.2, 0.25) is 0 Å². The van der Waals surface area contributed by atoms with E-state index in [1.165, 1.54) is 20.7 Å². The Balaban J connectivity index is 0.000000668. The number of rotatable bonds is 5. The molecule has 4 aromatic rings. The van der Waals surface area contributed by atoms with Crippen LogP contribution in [0.4, 0.5) is 0 Å². The molecule has 0 aliphatic carbocycles. The lowest BCUT2D eigenvalue weighted by Crippen LogP contribution is -2.74. The van der Waals surface area contributed by atoms with Crippen LogP contribution in [0.3, 0.4) is 0 Å². The first-order valence-electron chi connectivity index (χ1n) is 10.1. The average molecular weight is 442 g/mol. The van der Waals surface area contributed by atoms with E-state index in [9.17, 15) is 10.0 Å².